The number of rotatable bonds is 8. The minimum Gasteiger partial charge on any atom is -0.372 e. The molecule has 0 aromatic rings. The van der Waals surface area contributed by atoms with Gasteiger partial charge in [0.05, 0.1) is 12.7 Å². The van der Waals surface area contributed by atoms with Crippen molar-refractivity contribution in [2.45, 2.75) is 45.6 Å². The van der Waals surface area contributed by atoms with E-state index in [1.165, 1.54) is 45.3 Å². The van der Waals surface area contributed by atoms with E-state index < -0.39 is 0 Å². The molecule has 0 N–H and O–H groups in total. The summed E-state index contributed by atoms with van der Waals surface area (Å²) < 4.78 is 5.26. The van der Waals surface area contributed by atoms with Gasteiger partial charge < -0.3 is 9.64 Å². The van der Waals surface area contributed by atoms with Gasteiger partial charge in [0.15, 0.2) is 0 Å². The standard InChI is InChI=1S/C11H23NO/c1-3-5-7-12(8-6-4-2)9-11-10-13-11/h11H,3-10H2,1-2H3/t11-/m1/s1. The fourth-order valence-corrected chi connectivity index (χ4v) is 1.52. The van der Waals surface area contributed by atoms with Crippen LogP contribution >= 0.6 is 0 Å². The average molecular weight is 185 g/mol. The van der Waals surface area contributed by atoms with Crippen LogP contribution in [0.4, 0.5) is 0 Å². The molecule has 1 heterocycles. The quantitative estimate of drug-likeness (QED) is 0.539. The molecule has 0 aromatic carbocycles. The maximum absolute atomic E-state index is 5.26. The maximum Gasteiger partial charge on any atom is 0.0936 e. The van der Waals surface area contributed by atoms with Crippen LogP contribution in [0.2, 0.25) is 0 Å². The van der Waals surface area contributed by atoms with Crippen molar-refractivity contribution in [3.63, 3.8) is 0 Å². The molecular formula is C11H23NO. The zero-order valence-corrected chi connectivity index (χ0v) is 9.09. The molecule has 1 fully saturated rings. The molecule has 0 saturated carbocycles. The molecule has 1 rings (SSSR count). The van der Waals surface area contributed by atoms with Crippen LogP contribution in [0.1, 0.15) is 39.5 Å². The largest absolute Gasteiger partial charge is 0.372 e. The van der Waals surface area contributed by atoms with E-state index in [1.54, 1.807) is 0 Å². The van der Waals surface area contributed by atoms with Gasteiger partial charge in [-0.05, 0) is 25.9 Å². The zero-order chi connectivity index (χ0) is 9.52. The van der Waals surface area contributed by atoms with Gasteiger partial charge in [-0.3, -0.25) is 0 Å². The highest BCUT2D eigenvalue weighted by Crippen LogP contribution is 2.11. The molecule has 13 heavy (non-hydrogen) atoms. The molecule has 78 valence electrons. The third-order valence-corrected chi connectivity index (χ3v) is 2.52. The smallest absolute Gasteiger partial charge is 0.0936 e. The first-order valence-electron chi connectivity index (χ1n) is 5.70. The van der Waals surface area contributed by atoms with Crippen LogP contribution < -0.4 is 0 Å². The molecule has 1 atom stereocenters. The highest BCUT2D eigenvalue weighted by atomic mass is 16.6. The Morgan fingerprint density at radius 3 is 2.08 bits per heavy atom. The second-order valence-electron chi connectivity index (χ2n) is 3.96. The van der Waals surface area contributed by atoms with Crippen molar-refractivity contribution in [1.29, 1.82) is 0 Å². The van der Waals surface area contributed by atoms with Crippen molar-refractivity contribution in [3.8, 4) is 0 Å². The third kappa shape index (κ3) is 5.27. The maximum atomic E-state index is 5.26. The number of unbranched alkanes of at least 4 members (excludes halogenated alkanes) is 2. The second kappa shape index (κ2) is 6.39. The number of hydrogen-bond acceptors (Lipinski definition) is 2. The van der Waals surface area contributed by atoms with Gasteiger partial charge in [-0.25, -0.2) is 0 Å². The second-order valence-corrected chi connectivity index (χ2v) is 3.96. The Morgan fingerprint density at radius 2 is 1.69 bits per heavy atom. The van der Waals surface area contributed by atoms with Gasteiger partial charge in [0.25, 0.3) is 0 Å². The Kier molecular flexibility index (Phi) is 5.40. The van der Waals surface area contributed by atoms with Crippen LogP contribution in [0.15, 0.2) is 0 Å². The molecule has 0 bridgehead atoms. The molecule has 0 radical (unpaired) electrons. The summed E-state index contributed by atoms with van der Waals surface area (Å²) in [5, 5.41) is 0. The Balaban J connectivity index is 2.08. The summed E-state index contributed by atoms with van der Waals surface area (Å²) in [6.45, 7) is 9.19. The predicted octanol–water partition coefficient (Wildman–Crippen LogP) is 2.29. The Hall–Kier alpha value is -0.0800. The molecular weight excluding hydrogens is 162 g/mol. The van der Waals surface area contributed by atoms with Gasteiger partial charge in [-0.15, -0.1) is 0 Å². The van der Waals surface area contributed by atoms with E-state index in [4.69, 9.17) is 4.74 Å². The van der Waals surface area contributed by atoms with Crippen LogP contribution in [0.25, 0.3) is 0 Å². The van der Waals surface area contributed by atoms with Crippen LogP contribution in [0, 0.1) is 0 Å². The van der Waals surface area contributed by atoms with E-state index in [9.17, 15) is 0 Å². The first-order valence-corrected chi connectivity index (χ1v) is 5.70. The van der Waals surface area contributed by atoms with Crippen LogP contribution in [-0.2, 0) is 4.74 Å². The minimum absolute atomic E-state index is 0.564. The normalized spacial score (nSPS) is 21.0. The lowest BCUT2D eigenvalue weighted by Gasteiger charge is -2.20. The topological polar surface area (TPSA) is 15.8 Å². The highest BCUT2D eigenvalue weighted by Gasteiger charge is 2.24. The number of ether oxygens (including phenoxy) is 1. The van der Waals surface area contributed by atoms with Crippen LogP contribution in [-0.4, -0.2) is 37.2 Å². The van der Waals surface area contributed by atoms with E-state index in [2.05, 4.69) is 18.7 Å². The van der Waals surface area contributed by atoms with Crippen molar-refractivity contribution in [3.05, 3.63) is 0 Å². The van der Waals surface area contributed by atoms with Gasteiger partial charge in [-0.2, -0.15) is 0 Å². The summed E-state index contributed by atoms with van der Waals surface area (Å²) in [5.41, 5.74) is 0. The summed E-state index contributed by atoms with van der Waals surface area (Å²) in [5.74, 6) is 0. The van der Waals surface area contributed by atoms with E-state index in [0.717, 1.165) is 6.61 Å². The molecule has 1 aliphatic rings. The van der Waals surface area contributed by atoms with Gasteiger partial charge in [-0.1, -0.05) is 26.7 Å². The first-order chi connectivity index (χ1) is 6.36. The van der Waals surface area contributed by atoms with E-state index in [1.807, 2.05) is 0 Å². The number of hydrogen-bond donors (Lipinski definition) is 0. The van der Waals surface area contributed by atoms with Gasteiger partial charge >= 0.3 is 0 Å². The fourth-order valence-electron chi connectivity index (χ4n) is 1.52. The summed E-state index contributed by atoms with van der Waals surface area (Å²) in [6, 6.07) is 0. The molecule has 0 unspecified atom stereocenters. The number of nitrogens with zero attached hydrogens (tertiary/aromatic N) is 1. The van der Waals surface area contributed by atoms with Gasteiger partial charge in [0.2, 0.25) is 0 Å². The monoisotopic (exact) mass is 185 g/mol. The van der Waals surface area contributed by atoms with Gasteiger partial charge in [0, 0.05) is 6.54 Å². The molecule has 1 aliphatic heterocycles. The van der Waals surface area contributed by atoms with Crippen LogP contribution in [0.3, 0.4) is 0 Å². The molecule has 0 spiro atoms. The molecule has 2 nitrogen and oxygen atoms in total. The van der Waals surface area contributed by atoms with Crippen molar-refractivity contribution >= 4 is 0 Å². The lowest BCUT2D eigenvalue weighted by molar-refractivity contribution is 0.236. The zero-order valence-electron chi connectivity index (χ0n) is 9.09. The van der Waals surface area contributed by atoms with Crippen molar-refractivity contribution in [2.24, 2.45) is 0 Å². The fraction of sp³-hybridized carbons (Fsp3) is 1.00. The minimum atomic E-state index is 0.564. The molecule has 1 saturated heterocycles. The van der Waals surface area contributed by atoms with Gasteiger partial charge in [0.1, 0.15) is 0 Å². The Bertz CT molecular complexity index is 115. The number of epoxide rings is 1. The summed E-state index contributed by atoms with van der Waals surface area (Å²) in [7, 11) is 0. The van der Waals surface area contributed by atoms with E-state index >= 15 is 0 Å². The summed E-state index contributed by atoms with van der Waals surface area (Å²) >= 11 is 0. The van der Waals surface area contributed by atoms with Crippen molar-refractivity contribution in [1.82, 2.24) is 4.90 Å². The average Bonchev–Trinajstić information content (AvgIpc) is 2.93. The Morgan fingerprint density at radius 1 is 1.15 bits per heavy atom. The molecule has 0 aromatic heterocycles. The molecule has 2 heteroatoms. The first kappa shape index (κ1) is 11.0. The van der Waals surface area contributed by atoms with Crippen LogP contribution in [0.5, 0.6) is 0 Å². The predicted molar refractivity (Wildman–Crippen MR) is 56.0 cm³/mol. The van der Waals surface area contributed by atoms with Crippen molar-refractivity contribution in [2.75, 3.05) is 26.2 Å². The Labute approximate surface area is 82.3 Å². The molecule has 0 amide bonds. The van der Waals surface area contributed by atoms with Crippen molar-refractivity contribution < 1.29 is 4.74 Å². The summed E-state index contributed by atoms with van der Waals surface area (Å²) in [6.07, 6.45) is 5.82. The lowest BCUT2D eigenvalue weighted by atomic mass is 10.2. The third-order valence-electron chi connectivity index (χ3n) is 2.52. The van der Waals surface area contributed by atoms with E-state index in [0.29, 0.717) is 6.10 Å². The highest BCUT2D eigenvalue weighted by molar-refractivity contribution is 4.74. The SMILES string of the molecule is CCCCN(CCCC)C[C@@H]1CO1. The molecule has 0 aliphatic carbocycles. The summed E-state index contributed by atoms with van der Waals surface area (Å²) in [4.78, 5) is 2.56. The van der Waals surface area contributed by atoms with E-state index in [-0.39, 0.29) is 0 Å². The lowest BCUT2D eigenvalue weighted by Crippen LogP contribution is -2.30.